The van der Waals surface area contributed by atoms with Crippen LogP contribution in [0.15, 0.2) is 11.6 Å². The number of aromatic nitrogens is 5. The number of fused-ring (bicyclic) bond motifs is 1. The van der Waals surface area contributed by atoms with Crippen LogP contribution in [-0.4, -0.2) is 31.7 Å². The van der Waals surface area contributed by atoms with Crippen molar-refractivity contribution in [2.24, 2.45) is 0 Å². The number of aromatic amines is 1. The minimum atomic E-state index is 0.603. The zero-order valence-electron chi connectivity index (χ0n) is 12.0. The molecule has 3 aromatic heterocycles. The predicted octanol–water partition coefficient (Wildman–Crippen LogP) is 2.55. The van der Waals surface area contributed by atoms with Crippen LogP contribution in [0.1, 0.15) is 24.0 Å². The zero-order valence-corrected chi connectivity index (χ0v) is 12.8. The molecule has 3 N–H and O–H groups in total. The van der Waals surface area contributed by atoms with Crippen LogP contribution in [0, 0.1) is 6.92 Å². The molecule has 0 aliphatic heterocycles. The van der Waals surface area contributed by atoms with Crippen molar-refractivity contribution in [3.8, 4) is 0 Å². The number of hydrogen-bond acceptors (Lipinski definition) is 7. The molecule has 0 saturated heterocycles. The third-order valence-corrected chi connectivity index (χ3v) is 3.88. The first-order valence-corrected chi connectivity index (χ1v) is 7.74. The lowest BCUT2D eigenvalue weighted by molar-refractivity contribution is 0.952. The maximum atomic E-state index is 4.52. The van der Waals surface area contributed by atoms with Crippen LogP contribution < -0.4 is 10.6 Å². The van der Waals surface area contributed by atoms with Gasteiger partial charge in [-0.2, -0.15) is 15.1 Å². The first-order chi connectivity index (χ1) is 10.3. The Kier molecular flexibility index (Phi) is 3.96. The number of hydrogen-bond donors (Lipinski definition) is 3. The van der Waals surface area contributed by atoms with Crippen LogP contribution in [0.4, 0.5) is 11.8 Å². The van der Waals surface area contributed by atoms with Crippen molar-refractivity contribution in [3.05, 3.63) is 22.3 Å². The van der Waals surface area contributed by atoms with E-state index in [0.717, 1.165) is 40.5 Å². The van der Waals surface area contributed by atoms with E-state index in [-0.39, 0.29) is 0 Å². The summed E-state index contributed by atoms with van der Waals surface area (Å²) in [5.41, 5.74) is 1.76. The van der Waals surface area contributed by atoms with E-state index in [2.05, 4.69) is 42.7 Å². The highest BCUT2D eigenvalue weighted by Crippen LogP contribution is 2.21. The Hall–Kier alpha value is -2.22. The van der Waals surface area contributed by atoms with E-state index >= 15 is 0 Å². The average Bonchev–Trinajstić information content (AvgIpc) is 3.11. The maximum absolute atomic E-state index is 4.52. The Bertz CT molecular complexity index is 733. The van der Waals surface area contributed by atoms with E-state index in [1.54, 1.807) is 17.5 Å². The number of nitrogens with one attached hydrogen (secondary N) is 3. The molecule has 7 nitrogen and oxygen atoms in total. The molecule has 0 aliphatic rings. The fraction of sp³-hybridized carbons (Fsp3) is 0.385. The van der Waals surface area contributed by atoms with Crippen LogP contribution in [0.3, 0.4) is 0 Å². The van der Waals surface area contributed by atoms with Gasteiger partial charge in [0.2, 0.25) is 5.95 Å². The summed E-state index contributed by atoms with van der Waals surface area (Å²) >= 11 is 1.64. The van der Waals surface area contributed by atoms with E-state index < -0.39 is 0 Å². The molecule has 0 amide bonds. The van der Waals surface area contributed by atoms with E-state index in [4.69, 9.17) is 0 Å². The molecule has 3 aromatic rings. The molecule has 0 fully saturated rings. The van der Waals surface area contributed by atoms with Gasteiger partial charge in [-0.3, -0.25) is 5.10 Å². The quantitative estimate of drug-likeness (QED) is 0.648. The summed E-state index contributed by atoms with van der Waals surface area (Å²) in [5, 5.41) is 17.4. The second kappa shape index (κ2) is 6.04. The van der Waals surface area contributed by atoms with E-state index in [0.29, 0.717) is 12.5 Å². The van der Waals surface area contributed by atoms with Crippen molar-refractivity contribution in [3.63, 3.8) is 0 Å². The monoisotopic (exact) mass is 303 g/mol. The SMILES string of the molecule is CCCNc1nc(NCc2nc(C)cs2)c2cn[nH]c2n1. The topological polar surface area (TPSA) is 91.4 Å². The number of nitrogens with zero attached hydrogens (tertiary/aromatic N) is 4. The summed E-state index contributed by atoms with van der Waals surface area (Å²) in [6.07, 6.45) is 2.75. The smallest absolute Gasteiger partial charge is 0.226 e. The summed E-state index contributed by atoms with van der Waals surface area (Å²) in [4.78, 5) is 13.4. The average molecular weight is 303 g/mol. The third-order valence-electron chi connectivity index (χ3n) is 2.92. The molecule has 0 aliphatic carbocycles. The first kappa shape index (κ1) is 13.7. The van der Waals surface area contributed by atoms with Crippen molar-refractivity contribution < 1.29 is 0 Å². The van der Waals surface area contributed by atoms with Gasteiger partial charge in [0.15, 0.2) is 5.65 Å². The molecule has 0 aromatic carbocycles. The summed E-state index contributed by atoms with van der Waals surface area (Å²) in [7, 11) is 0. The van der Waals surface area contributed by atoms with Crippen molar-refractivity contribution in [2.45, 2.75) is 26.8 Å². The molecule has 110 valence electrons. The largest absolute Gasteiger partial charge is 0.363 e. The first-order valence-electron chi connectivity index (χ1n) is 6.86. The third kappa shape index (κ3) is 3.10. The highest BCUT2D eigenvalue weighted by atomic mass is 32.1. The second-order valence-electron chi connectivity index (χ2n) is 4.69. The number of thiazole rings is 1. The summed E-state index contributed by atoms with van der Waals surface area (Å²) in [6.45, 7) is 5.57. The summed E-state index contributed by atoms with van der Waals surface area (Å²) in [5.74, 6) is 1.37. The van der Waals surface area contributed by atoms with Crippen molar-refractivity contribution in [1.29, 1.82) is 0 Å². The second-order valence-corrected chi connectivity index (χ2v) is 5.63. The Morgan fingerprint density at radius 1 is 1.24 bits per heavy atom. The highest BCUT2D eigenvalue weighted by molar-refractivity contribution is 7.09. The molecule has 0 unspecified atom stereocenters. The number of H-pyrrole nitrogens is 1. The standard InChI is InChI=1S/C13H17N7S/c1-3-4-14-13-18-11(9-5-16-20-12(9)19-13)15-6-10-17-8(2)7-21-10/h5,7H,3-4,6H2,1-2H3,(H3,14,15,16,18,19,20). The molecule has 0 spiro atoms. The minimum Gasteiger partial charge on any atom is -0.363 e. The zero-order chi connectivity index (χ0) is 14.7. The van der Waals surface area contributed by atoms with Crippen molar-refractivity contribution in [2.75, 3.05) is 17.2 Å². The van der Waals surface area contributed by atoms with Gasteiger partial charge in [0.25, 0.3) is 0 Å². The molecular weight excluding hydrogens is 286 g/mol. The van der Waals surface area contributed by atoms with Crippen molar-refractivity contribution >= 4 is 34.1 Å². The van der Waals surface area contributed by atoms with Crippen LogP contribution >= 0.6 is 11.3 Å². The van der Waals surface area contributed by atoms with Gasteiger partial charge >= 0.3 is 0 Å². The molecule has 0 bridgehead atoms. The van der Waals surface area contributed by atoms with Gasteiger partial charge in [0.1, 0.15) is 10.8 Å². The number of aryl methyl sites for hydroxylation is 1. The Morgan fingerprint density at radius 3 is 2.90 bits per heavy atom. The number of rotatable bonds is 6. The molecular formula is C13H17N7S. The molecule has 3 heterocycles. The van der Waals surface area contributed by atoms with Crippen molar-refractivity contribution in [1.82, 2.24) is 25.1 Å². The Balaban J connectivity index is 1.83. The number of anilines is 2. The fourth-order valence-electron chi connectivity index (χ4n) is 1.93. The minimum absolute atomic E-state index is 0.603. The van der Waals surface area contributed by atoms with Crippen LogP contribution in [-0.2, 0) is 6.54 Å². The van der Waals surface area contributed by atoms with Gasteiger partial charge in [-0.05, 0) is 13.3 Å². The molecule has 21 heavy (non-hydrogen) atoms. The van der Waals surface area contributed by atoms with Crippen LogP contribution in [0.5, 0.6) is 0 Å². The van der Waals surface area contributed by atoms with Gasteiger partial charge in [-0.25, -0.2) is 4.98 Å². The summed E-state index contributed by atoms with van der Waals surface area (Å²) in [6, 6.07) is 0. The van der Waals surface area contributed by atoms with Crippen LogP contribution in [0.25, 0.3) is 11.0 Å². The highest BCUT2D eigenvalue weighted by Gasteiger charge is 2.09. The molecule has 0 atom stereocenters. The lowest BCUT2D eigenvalue weighted by atomic mass is 10.4. The maximum Gasteiger partial charge on any atom is 0.226 e. The van der Waals surface area contributed by atoms with Crippen LogP contribution in [0.2, 0.25) is 0 Å². The fourth-order valence-corrected chi connectivity index (χ4v) is 2.64. The lowest BCUT2D eigenvalue weighted by Gasteiger charge is -2.08. The lowest BCUT2D eigenvalue weighted by Crippen LogP contribution is -2.08. The molecule has 0 saturated carbocycles. The van der Waals surface area contributed by atoms with Gasteiger partial charge in [0, 0.05) is 17.6 Å². The van der Waals surface area contributed by atoms with E-state index in [1.807, 2.05) is 12.3 Å². The van der Waals surface area contributed by atoms with Gasteiger partial charge in [0.05, 0.1) is 18.1 Å². The Morgan fingerprint density at radius 2 is 2.14 bits per heavy atom. The molecule has 8 heteroatoms. The van der Waals surface area contributed by atoms with E-state index in [1.165, 1.54) is 0 Å². The molecule has 3 rings (SSSR count). The van der Waals surface area contributed by atoms with Gasteiger partial charge in [-0.1, -0.05) is 6.92 Å². The van der Waals surface area contributed by atoms with Gasteiger partial charge in [-0.15, -0.1) is 11.3 Å². The molecule has 0 radical (unpaired) electrons. The Labute approximate surface area is 126 Å². The van der Waals surface area contributed by atoms with Gasteiger partial charge < -0.3 is 10.6 Å². The predicted molar refractivity (Wildman–Crippen MR) is 84.6 cm³/mol. The van der Waals surface area contributed by atoms with E-state index in [9.17, 15) is 0 Å². The summed E-state index contributed by atoms with van der Waals surface area (Å²) < 4.78 is 0. The normalized spacial score (nSPS) is 11.0.